The molecule has 0 amide bonds. The summed E-state index contributed by atoms with van der Waals surface area (Å²) in [5.41, 5.74) is 0.971. The topological polar surface area (TPSA) is 74.1 Å². The number of aryl methyl sites for hydroxylation is 1. The third kappa shape index (κ3) is 3.68. The van der Waals surface area contributed by atoms with Crippen LogP contribution in [-0.2, 0) is 13.1 Å². The first kappa shape index (κ1) is 16.5. The van der Waals surface area contributed by atoms with Gasteiger partial charge in [0.1, 0.15) is 0 Å². The van der Waals surface area contributed by atoms with Gasteiger partial charge in [0.15, 0.2) is 11.5 Å². The van der Waals surface area contributed by atoms with E-state index in [0.29, 0.717) is 31.4 Å². The summed E-state index contributed by atoms with van der Waals surface area (Å²) < 4.78 is 13.9. The van der Waals surface area contributed by atoms with E-state index in [1.807, 2.05) is 19.1 Å². The number of nitrogens with zero attached hydrogens (tertiary/aromatic N) is 4. The first-order chi connectivity index (χ1) is 10.7. The summed E-state index contributed by atoms with van der Waals surface area (Å²) in [6.45, 7) is 5.91. The Bertz CT molecular complexity index is 617. The number of hydrogen-bond donors (Lipinski definition) is 1. The van der Waals surface area contributed by atoms with Crippen LogP contribution in [0.4, 0.5) is 5.95 Å². The molecule has 2 rings (SSSR count). The molecule has 2 aromatic rings. The number of tetrazole rings is 1. The van der Waals surface area contributed by atoms with Crippen LogP contribution in [0.25, 0.3) is 0 Å². The smallest absolute Gasteiger partial charge is 0.243 e. The lowest BCUT2D eigenvalue weighted by Crippen LogP contribution is -2.10. The van der Waals surface area contributed by atoms with Crippen molar-refractivity contribution < 1.29 is 9.47 Å². The highest BCUT2D eigenvalue weighted by atomic mass is 79.9. The lowest BCUT2D eigenvalue weighted by molar-refractivity contribution is 0.291. The number of anilines is 1. The summed E-state index contributed by atoms with van der Waals surface area (Å²) >= 11 is 3.57. The maximum atomic E-state index is 5.86. The Labute approximate surface area is 138 Å². The number of nitrogens with one attached hydrogen (secondary N) is 1. The molecular formula is C14H20BrN5O2. The number of hydrogen-bond acceptors (Lipinski definition) is 6. The maximum absolute atomic E-state index is 5.86. The molecule has 0 fully saturated rings. The summed E-state index contributed by atoms with van der Waals surface area (Å²) in [7, 11) is 1.64. The van der Waals surface area contributed by atoms with Gasteiger partial charge in [0.25, 0.3) is 0 Å². The summed E-state index contributed by atoms with van der Waals surface area (Å²) in [6, 6.07) is 3.83. The number of benzene rings is 1. The minimum Gasteiger partial charge on any atom is -0.493 e. The fraction of sp³-hybridized carbons (Fsp3) is 0.500. The van der Waals surface area contributed by atoms with Crippen LogP contribution in [0.15, 0.2) is 16.6 Å². The number of rotatable bonds is 8. The van der Waals surface area contributed by atoms with Crippen molar-refractivity contribution in [3.8, 4) is 11.5 Å². The zero-order valence-corrected chi connectivity index (χ0v) is 14.6. The van der Waals surface area contributed by atoms with Crippen molar-refractivity contribution in [2.24, 2.45) is 0 Å². The predicted octanol–water partition coefficient (Wildman–Crippen LogP) is 2.87. The Morgan fingerprint density at radius 2 is 2.14 bits per heavy atom. The van der Waals surface area contributed by atoms with Gasteiger partial charge >= 0.3 is 0 Å². The minimum atomic E-state index is 0.525. The van der Waals surface area contributed by atoms with Crippen LogP contribution in [0, 0.1) is 0 Å². The summed E-state index contributed by atoms with van der Waals surface area (Å²) in [5, 5.41) is 14.8. The normalized spacial score (nSPS) is 10.5. The maximum Gasteiger partial charge on any atom is 0.243 e. The molecule has 0 spiro atoms. The molecule has 0 radical (unpaired) electrons. The van der Waals surface area contributed by atoms with E-state index in [1.54, 1.807) is 11.8 Å². The highest BCUT2D eigenvalue weighted by molar-refractivity contribution is 9.10. The molecule has 8 heteroatoms. The Kier molecular flexibility index (Phi) is 6.00. The third-order valence-corrected chi connectivity index (χ3v) is 3.84. The van der Waals surface area contributed by atoms with Crippen LogP contribution in [-0.4, -0.2) is 33.9 Å². The Hall–Kier alpha value is -1.83. The van der Waals surface area contributed by atoms with Gasteiger partial charge in [-0.1, -0.05) is 28.0 Å². The van der Waals surface area contributed by atoms with E-state index in [4.69, 9.17) is 9.47 Å². The van der Waals surface area contributed by atoms with Gasteiger partial charge in [-0.25, -0.2) is 4.68 Å². The summed E-state index contributed by atoms with van der Waals surface area (Å²) in [4.78, 5) is 0. The van der Waals surface area contributed by atoms with Crippen LogP contribution >= 0.6 is 15.9 Å². The standard InChI is InChI=1S/C14H20BrN5O2/c1-4-8-22-13-10(11(15)6-7-12(13)21-3)9-16-14-17-18-19-20(14)5-2/h6-7H,4-5,8-9H2,1-3H3,(H,16,17,19). The molecule has 1 aromatic carbocycles. The van der Waals surface area contributed by atoms with Gasteiger partial charge < -0.3 is 14.8 Å². The molecule has 0 saturated carbocycles. The monoisotopic (exact) mass is 369 g/mol. The summed E-state index contributed by atoms with van der Waals surface area (Å²) in [6.07, 6.45) is 0.927. The Morgan fingerprint density at radius 1 is 1.32 bits per heavy atom. The van der Waals surface area contributed by atoms with E-state index in [9.17, 15) is 0 Å². The van der Waals surface area contributed by atoms with Crippen molar-refractivity contribution in [1.29, 1.82) is 0 Å². The molecule has 0 atom stereocenters. The van der Waals surface area contributed by atoms with Gasteiger partial charge in [-0.2, -0.15) is 0 Å². The minimum absolute atomic E-state index is 0.525. The van der Waals surface area contributed by atoms with Gasteiger partial charge in [-0.3, -0.25) is 0 Å². The SMILES string of the molecule is CCCOc1c(OC)ccc(Br)c1CNc1nnnn1CC. The first-order valence-corrected chi connectivity index (χ1v) is 7.98. The van der Waals surface area contributed by atoms with Crippen molar-refractivity contribution in [2.45, 2.75) is 33.4 Å². The predicted molar refractivity (Wildman–Crippen MR) is 87.3 cm³/mol. The van der Waals surface area contributed by atoms with Crippen LogP contribution in [0.2, 0.25) is 0 Å². The Balaban J connectivity index is 2.24. The second-order valence-electron chi connectivity index (χ2n) is 4.58. The molecule has 7 nitrogen and oxygen atoms in total. The molecule has 0 saturated heterocycles. The fourth-order valence-corrected chi connectivity index (χ4v) is 2.43. The second-order valence-corrected chi connectivity index (χ2v) is 5.43. The zero-order valence-electron chi connectivity index (χ0n) is 13.0. The van der Waals surface area contributed by atoms with E-state index >= 15 is 0 Å². The van der Waals surface area contributed by atoms with Crippen molar-refractivity contribution in [3.63, 3.8) is 0 Å². The molecule has 120 valence electrons. The fourth-order valence-electron chi connectivity index (χ4n) is 1.98. The lowest BCUT2D eigenvalue weighted by atomic mass is 10.2. The number of ether oxygens (including phenoxy) is 2. The number of halogens is 1. The highest BCUT2D eigenvalue weighted by Gasteiger charge is 2.15. The third-order valence-electron chi connectivity index (χ3n) is 3.09. The molecule has 1 aromatic heterocycles. The molecule has 0 aliphatic carbocycles. The van der Waals surface area contributed by atoms with Crippen molar-refractivity contribution in [1.82, 2.24) is 20.2 Å². The Morgan fingerprint density at radius 3 is 2.82 bits per heavy atom. The number of aromatic nitrogens is 4. The quantitative estimate of drug-likeness (QED) is 0.770. The van der Waals surface area contributed by atoms with Gasteiger partial charge in [0, 0.05) is 23.1 Å². The number of methoxy groups -OCH3 is 1. The highest BCUT2D eigenvalue weighted by Crippen LogP contribution is 2.36. The van der Waals surface area contributed by atoms with Crippen LogP contribution < -0.4 is 14.8 Å². The average molecular weight is 370 g/mol. The van der Waals surface area contributed by atoms with Crippen molar-refractivity contribution >= 4 is 21.9 Å². The average Bonchev–Trinajstić information content (AvgIpc) is 2.99. The van der Waals surface area contributed by atoms with Crippen LogP contribution in [0.3, 0.4) is 0 Å². The van der Waals surface area contributed by atoms with Gasteiger partial charge in [0.2, 0.25) is 5.95 Å². The van der Waals surface area contributed by atoms with Crippen LogP contribution in [0.1, 0.15) is 25.8 Å². The van der Waals surface area contributed by atoms with E-state index in [2.05, 4.69) is 43.7 Å². The van der Waals surface area contributed by atoms with Gasteiger partial charge in [0.05, 0.1) is 13.7 Å². The lowest BCUT2D eigenvalue weighted by Gasteiger charge is -2.16. The largest absolute Gasteiger partial charge is 0.493 e. The van der Waals surface area contributed by atoms with E-state index in [1.165, 1.54) is 0 Å². The molecule has 0 bridgehead atoms. The van der Waals surface area contributed by atoms with E-state index in [-0.39, 0.29) is 0 Å². The first-order valence-electron chi connectivity index (χ1n) is 7.19. The molecule has 1 heterocycles. The molecule has 0 aliphatic heterocycles. The summed E-state index contributed by atoms with van der Waals surface area (Å²) in [5.74, 6) is 2.07. The van der Waals surface area contributed by atoms with E-state index < -0.39 is 0 Å². The van der Waals surface area contributed by atoms with E-state index in [0.717, 1.165) is 22.2 Å². The second kappa shape index (κ2) is 7.98. The van der Waals surface area contributed by atoms with Crippen molar-refractivity contribution in [2.75, 3.05) is 19.0 Å². The van der Waals surface area contributed by atoms with Gasteiger partial charge in [-0.05, 0) is 35.9 Å². The molecule has 1 N–H and O–H groups in total. The molecule has 0 aliphatic rings. The van der Waals surface area contributed by atoms with Gasteiger partial charge in [-0.15, -0.1) is 0 Å². The molecular weight excluding hydrogens is 350 g/mol. The molecule has 0 unspecified atom stereocenters. The van der Waals surface area contributed by atoms with Crippen LogP contribution in [0.5, 0.6) is 11.5 Å². The van der Waals surface area contributed by atoms with Crippen molar-refractivity contribution in [3.05, 3.63) is 22.2 Å². The zero-order chi connectivity index (χ0) is 15.9. The molecule has 22 heavy (non-hydrogen) atoms.